The molecule has 2 aromatic rings. The van der Waals surface area contributed by atoms with E-state index in [9.17, 15) is 22.8 Å². The average Bonchev–Trinajstić information content (AvgIpc) is 2.97. The number of alkyl halides is 1. The van der Waals surface area contributed by atoms with Crippen molar-refractivity contribution in [3.8, 4) is 5.75 Å². The molecule has 206 valence electrons. The maximum Gasteiger partial charge on any atom is 0.341 e. The fourth-order valence-corrected chi connectivity index (χ4v) is 6.32. The van der Waals surface area contributed by atoms with Gasteiger partial charge in [-0.3, -0.25) is 14.5 Å². The lowest BCUT2D eigenvalue weighted by molar-refractivity contribution is -0.131. The van der Waals surface area contributed by atoms with Crippen molar-refractivity contribution in [2.24, 2.45) is 5.73 Å². The smallest absolute Gasteiger partial charge is 0.341 e. The van der Waals surface area contributed by atoms with Crippen LogP contribution in [-0.2, 0) is 26.8 Å². The lowest BCUT2D eigenvalue weighted by atomic mass is 9.76. The van der Waals surface area contributed by atoms with Crippen molar-refractivity contribution in [2.45, 2.75) is 52.1 Å². The zero-order valence-electron chi connectivity index (χ0n) is 22.1. The first-order valence-corrected chi connectivity index (χ1v) is 14.5. The number of hydrogen-bond donors (Lipinski definition) is 1. The van der Waals surface area contributed by atoms with Gasteiger partial charge >= 0.3 is 6.03 Å². The summed E-state index contributed by atoms with van der Waals surface area (Å²) in [6.07, 6.45) is 0.861. The molecule has 38 heavy (non-hydrogen) atoms. The number of carbonyl (C=O) groups is 3. The number of urea groups is 1. The molecule has 1 saturated heterocycles. The highest BCUT2D eigenvalue weighted by Crippen LogP contribution is 2.39. The second-order valence-electron chi connectivity index (χ2n) is 10.3. The van der Waals surface area contributed by atoms with Crippen LogP contribution in [0.1, 0.15) is 60.3 Å². The summed E-state index contributed by atoms with van der Waals surface area (Å²) < 4.78 is 30.6. The molecule has 12 heteroatoms. The van der Waals surface area contributed by atoms with Crippen LogP contribution < -0.4 is 10.5 Å². The van der Waals surface area contributed by atoms with Gasteiger partial charge in [-0.05, 0) is 55.2 Å². The molecule has 9 nitrogen and oxygen atoms in total. The predicted octanol–water partition coefficient (Wildman–Crippen LogP) is 4.19. The Labute approximate surface area is 232 Å². The van der Waals surface area contributed by atoms with E-state index in [-0.39, 0.29) is 12.1 Å². The van der Waals surface area contributed by atoms with Crippen molar-refractivity contribution < 1.29 is 27.5 Å². The molecule has 1 fully saturated rings. The Morgan fingerprint density at radius 3 is 2.26 bits per heavy atom. The molecular formula is C26H31Cl2N3O6S. The molecule has 0 unspecified atom stereocenters. The lowest BCUT2D eigenvalue weighted by Crippen LogP contribution is -2.47. The van der Waals surface area contributed by atoms with Gasteiger partial charge in [-0.2, -0.15) is 0 Å². The van der Waals surface area contributed by atoms with Gasteiger partial charge in [0.1, 0.15) is 17.9 Å². The molecule has 2 aromatic carbocycles. The molecule has 1 heterocycles. The van der Waals surface area contributed by atoms with Crippen LogP contribution >= 0.6 is 23.2 Å². The van der Waals surface area contributed by atoms with Crippen LogP contribution in [0.15, 0.2) is 30.3 Å². The molecule has 0 aliphatic carbocycles. The summed E-state index contributed by atoms with van der Waals surface area (Å²) in [7, 11) is -4.01. The zero-order chi connectivity index (χ0) is 28.8. The van der Waals surface area contributed by atoms with Crippen molar-refractivity contribution in [3.63, 3.8) is 0 Å². The van der Waals surface area contributed by atoms with Gasteiger partial charge in [-0.1, -0.05) is 43.6 Å². The Balaban J connectivity index is 2.01. The van der Waals surface area contributed by atoms with Crippen LogP contribution in [0.3, 0.4) is 0 Å². The summed E-state index contributed by atoms with van der Waals surface area (Å²) >= 11 is 12.2. The summed E-state index contributed by atoms with van der Waals surface area (Å²) in [4.78, 5) is 39.2. The maximum absolute atomic E-state index is 13.0. The zero-order valence-corrected chi connectivity index (χ0v) is 24.4. The number of ether oxygens (including phenoxy) is 1. The van der Waals surface area contributed by atoms with E-state index in [1.807, 2.05) is 26.8 Å². The molecule has 0 saturated carbocycles. The molecule has 2 N–H and O–H groups in total. The van der Waals surface area contributed by atoms with Crippen molar-refractivity contribution in [1.29, 1.82) is 0 Å². The summed E-state index contributed by atoms with van der Waals surface area (Å²) in [5.41, 5.74) is 6.29. The van der Waals surface area contributed by atoms with Gasteiger partial charge in [-0.15, -0.1) is 11.6 Å². The Morgan fingerprint density at radius 1 is 1.13 bits per heavy atom. The number of aryl methyl sites for hydroxylation is 1. The summed E-state index contributed by atoms with van der Waals surface area (Å²) in [5, 5.41) is 0.425. The van der Waals surface area contributed by atoms with Gasteiger partial charge in [0.15, 0.2) is 0 Å². The fourth-order valence-electron chi connectivity index (χ4n) is 4.63. The first kappa shape index (κ1) is 29.7. The number of carbonyl (C=O) groups excluding carboxylic acids is 3. The number of rotatable bonds is 9. The SMILES string of the molecule is Cc1cc(C(C)(C)c2ccc(CN3C(=O)N(S(C)(=O)=O)C(C)(C)C3=O)c(C(N)=O)c2)cc(Cl)c1OCCCl. The fraction of sp³-hybridized carbons (Fsp3) is 0.423. The van der Waals surface area contributed by atoms with Crippen molar-refractivity contribution in [1.82, 2.24) is 9.21 Å². The highest BCUT2D eigenvalue weighted by atomic mass is 35.5. The van der Waals surface area contributed by atoms with E-state index in [1.54, 1.807) is 24.3 Å². The number of benzene rings is 2. The van der Waals surface area contributed by atoms with E-state index in [1.165, 1.54) is 13.8 Å². The van der Waals surface area contributed by atoms with E-state index in [4.69, 9.17) is 33.7 Å². The Kier molecular flexibility index (Phi) is 8.13. The Bertz CT molecular complexity index is 1400. The van der Waals surface area contributed by atoms with Gasteiger partial charge in [0.25, 0.3) is 5.91 Å². The normalized spacial score (nSPS) is 15.8. The molecule has 4 amide bonds. The van der Waals surface area contributed by atoms with Crippen molar-refractivity contribution in [3.05, 3.63) is 63.2 Å². The maximum atomic E-state index is 13.0. The van der Waals surface area contributed by atoms with Crippen LogP contribution in [0.4, 0.5) is 4.79 Å². The lowest BCUT2D eigenvalue weighted by Gasteiger charge is -2.28. The largest absolute Gasteiger partial charge is 0.491 e. The van der Waals surface area contributed by atoms with E-state index >= 15 is 0 Å². The topological polar surface area (TPSA) is 127 Å². The molecular weight excluding hydrogens is 553 g/mol. The number of nitrogens with two attached hydrogens (primary N) is 1. The third-order valence-electron chi connectivity index (χ3n) is 6.71. The van der Waals surface area contributed by atoms with Gasteiger partial charge < -0.3 is 10.5 Å². The first-order valence-electron chi connectivity index (χ1n) is 11.7. The molecule has 0 spiro atoms. The molecule has 0 radical (unpaired) electrons. The van der Waals surface area contributed by atoms with Crippen LogP contribution in [0.2, 0.25) is 5.02 Å². The quantitative estimate of drug-likeness (QED) is 0.348. The van der Waals surface area contributed by atoms with Crippen LogP contribution in [0.25, 0.3) is 0 Å². The monoisotopic (exact) mass is 583 g/mol. The number of amides is 4. The third-order valence-corrected chi connectivity index (χ3v) is 8.42. The van der Waals surface area contributed by atoms with Crippen LogP contribution in [0, 0.1) is 6.92 Å². The number of sulfonamides is 1. The predicted molar refractivity (Wildman–Crippen MR) is 146 cm³/mol. The minimum Gasteiger partial charge on any atom is -0.491 e. The molecule has 1 aliphatic rings. The summed E-state index contributed by atoms with van der Waals surface area (Å²) in [6.45, 7) is 8.49. The van der Waals surface area contributed by atoms with Crippen molar-refractivity contribution in [2.75, 3.05) is 18.7 Å². The average molecular weight is 585 g/mol. The number of hydrogen-bond acceptors (Lipinski definition) is 6. The number of nitrogens with zero attached hydrogens (tertiary/aromatic N) is 2. The first-order chi connectivity index (χ1) is 17.4. The molecule has 3 rings (SSSR count). The van der Waals surface area contributed by atoms with Gasteiger partial charge in [0, 0.05) is 11.0 Å². The minimum atomic E-state index is -4.01. The summed E-state index contributed by atoms with van der Waals surface area (Å²) in [6, 6.07) is 7.75. The second kappa shape index (κ2) is 10.4. The molecule has 0 bridgehead atoms. The Morgan fingerprint density at radius 2 is 1.76 bits per heavy atom. The minimum absolute atomic E-state index is 0.108. The van der Waals surface area contributed by atoms with E-state index in [0.29, 0.717) is 33.1 Å². The molecule has 0 aromatic heterocycles. The van der Waals surface area contributed by atoms with Gasteiger partial charge in [-0.25, -0.2) is 17.5 Å². The van der Waals surface area contributed by atoms with Crippen LogP contribution in [0.5, 0.6) is 5.75 Å². The van der Waals surface area contributed by atoms with E-state index in [0.717, 1.165) is 27.8 Å². The second-order valence-corrected chi connectivity index (χ2v) is 12.9. The highest BCUT2D eigenvalue weighted by molar-refractivity contribution is 7.89. The molecule has 0 atom stereocenters. The third kappa shape index (κ3) is 5.34. The Hall–Kier alpha value is -2.82. The van der Waals surface area contributed by atoms with Crippen molar-refractivity contribution >= 4 is 51.1 Å². The standard InChI is InChI=1S/C26H31Cl2N3O6S/c1-15-11-18(13-20(28)21(15)37-10-9-27)25(2,3)17-8-7-16(19(12-17)22(29)32)14-30-23(33)26(4,5)31(24(30)34)38(6,35)36/h7-8,11-13H,9-10,14H2,1-6H3,(H2,29,32). The number of halogens is 2. The van der Waals surface area contributed by atoms with Gasteiger partial charge in [0.2, 0.25) is 15.9 Å². The van der Waals surface area contributed by atoms with E-state index < -0.39 is 38.8 Å². The number of imide groups is 1. The van der Waals surface area contributed by atoms with Crippen LogP contribution in [-0.4, -0.2) is 59.7 Å². The highest BCUT2D eigenvalue weighted by Gasteiger charge is 2.55. The van der Waals surface area contributed by atoms with E-state index in [2.05, 4.69) is 0 Å². The summed E-state index contributed by atoms with van der Waals surface area (Å²) in [5.74, 6) is -0.584. The molecule has 1 aliphatic heterocycles. The number of primary amides is 1. The van der Waals surface area contributed by atoms with Gasteiger partial charge in [0.05, 0.1) is 23.7 Å².